The van der Waals surface area contributed by atoms with Gasteiger partial charge in [-0.05, 0) is 48.2 Å². The standard InChI is InChI=1S/C28H23ClN4O4/c1-37-27-12-26(33(36)16-24(27)23-11-22(29)9-8-20(23)13-30)25(10-17-2-3-17)32-15-21(14-31-32)18-4-6-19(7-5-18)28(34)35/h4-9,11-12,14-17,25H,2-3,10H2,1H3,(H,34,35)/t25-/m0/s1. The number of halogens is 1. The molecule has 186 valence electrons. The van der Waals surface area contributed by atoms with Crippen LogP contribution in [0.2, 0.25) is 5.02 Å². The minimum atomic E-state index is -0.983. The van der Waals surface area contributed by atoms with Gasteiger partial charge in [-0.15, -0.1) is 0 Å². The van der Waals surface area contributed by atoms with E-state index in [-0.39, 0.29) is 11.6 Å². The first-order chi connectivity index (χ1) is 17.9. The molecular weight excluding hydrogens is 492 g/mol. The van der Waals surface area contributed by atoms with Gasteiger partial charge in [-0.3, -0.25) is 4.68 Å². The van der Waals surface area contributed by atoms with E-state index in [1.54, 1.807) is 59.4 Å². The minimum Gasteiger partial charge on any atom is -0.618 e. The highest BCUT2D eigenvalue weighted by molar-refractivity contribution is 6.31. The van der Waals surface area contributed by atoms with E-state index in [4.69, 9.17) is 21.4 Å². The second-order valence-corrected chi connectivity index (χ2v) is 9.53. The highest BCUT2D eigenvalue weighted by atomic mass is 35.5. The van der Waals surface area contributed by atoms with Crippen LogP contribution in [0.1, 0.15) is 46.9 Å². The summed E-state index contributed by atoms with van der Waals surface area (Å²) in [4.78, 5) is 11.2. The Morgan fingerprint density at radius 3 is 2.65 bits per heavy atom. The molecule has 0 spiro atoms. The predicted octanol–water partition coefficient (Wildman–Crippen LogP) is 5.47. The van der Waals surface area contributed by atoms with Crippen LogP contribution >= 0.6 is 11.6 Å². The zero-order valence-corrected chi connectivity index (χ0v) is 20.7. The van der Waals surface area contributed by atoms with Gasteiger partial charge in [0.1, 0.15) is 11.8 Å². The van der Waals surface area contributed by atoms with Gasteiger partial charge in [0, 0.05) is 22.3 Å². The molecule has 1 fully saturated rings. The molecule has 8 nitrogen and oxygen atoms in total. The lowest BCUT2D eigenvalue weighted by molar-refractivity contribution is -0.615. The van der Waals surface area contributed by atoms with Crippen LogP contribution in [0.15, 0.2) is 67.1 Å². The number of ether oxygens (including phenoxy) is 1. The molecule has 37 heavy (non-hydrogen) atoms. The van der Waals surface area contributed by atoms with Gasteiger partial charge in [-0.1, -0.05) is 36.6 Å². The third kappa shape index (κ3) is 4.99. The number of rotatable bonds is 8. The fourth-order valence-corrected chi connectivity index (χ4v) is 4.65. The highest BCUT2D eigenvalue weighted by Crippen LogP contribution is 2.41. The molecule has 2 aromatic heterocycles. The van der Waals surface area contributed by atoms with E-state index in [1.165, 1.54) is 13.3 Å². The highest BCUT2D eigenvalue weighted by Gasteiger charge is 2.33. The Labute approximate surface area is 218 Å². The van der Waals surface area contributed by atoms with Crippen LogP contribution in [-0.2, 0) is 0 Å². The number of carboxylic acid groups (broad SMARTS) is 1. The molecule has 0 bridgehead atoms. The van der Waals surface area contributed by atoms with Gasteiger partial charge in [0.05, 0.1) is 42.1 Å². The first kappa shape index (κ1) is 24.3. The zero-order valence-electron chi connectivity index (χ0n) is 20.0. The van der Waals surface area contributed by atoms with Crippen LogP contribution in [0.3, 0.4) is 0 Å². The topological polar surface area (TPSA) is 115 Å². The van der Waals surface area contributed by atoms with Gasteiger partial charge in [-0.2, -0.15) is 15.1 Å². The van der Waals surface area contributed by atoms with Crippen molar-refractivity contribution in [2.45, 2.75) is 25.3 Å². The van der Waals surface area contributed by atoms with Crippen LogP contribution in [0.5, 0.6) is 5.75 Å². The van der Waals surface area contributed by atoms with Gasteiger partial charge in [0.25, 0.3) is 0 Å². The fourth-order valence-electron chi connectivity index (χ4n) is 4.48. The average molecular weight is 515 g/mol. The summed E-state index contributed by atoms with van der Waals surface area (Å²) in [6.07, 6.45) is 7.95. The molecule has 0 unspecified atom stereocenters. The third-order valence-corrected chi connectivity index (χ3v) is 6.87. The van der Waals surface area contributed by atoms with Crippen molar-refractivity contribution < 1.29 is 19.4 Å². The number of nitriles is 1. The largest absolute Gasteiger partial charge is 0.618 e. The van der Waals surface area contributed by atoms with Crippen molar-refractivity contribution in [1.29, 1.82) is 5.26 Å². The second-order valence-electron chi connectivity index (χ2n) is 9.09. The van der Waals surface area contributed by atoms with E-state index in [2.05, 4.69) is 11.2 Å². The molecule has 0 amide bonds. The van der Waals surface area contributed by atoms with Crippen molar-refractivity contribution in [2.75, 3.05) is 7.11 Å². The molecule has 1 N–H and O–H groups in total. The number of carboxylic acids is 1. The van der Waals surface area contributed by atoms with Crippen molar-refractivity contribution in [1.82, 2.24) is 9.78 Å². The maximum Gasteiger partial charge on any atom is 0.335 e. The van der Waals surface area contributed by atoms with Crippen LogP contribution in [-0.4, -0.2) is 28.0 Å². The Bertz CT molecular complexity index is 1520. The number of aromatic nitrogens is 3. The van der Waals surface area contributed by atoms with Crippen LogP contribution in [0.25, 0.3) is 22.3 Å². The lowest BCUT2D eigenvalue weighted by Gasteiger charge is -2.19. The Hall–Kier alpha value is -4.35. The van der Waals surface area contributed by atoms with Crippen LogP contribution in [0.4, 0.5) is 0 Å². The van der Waals surface area contributed by atoms with Crippen LogP contribution < -0.4 is 9.47 Å². The maximum absolute atomic E-state index is 13.4. The summed E-state index contributed by atoms with van der Waals surface area (Å²) < 4.78 is 8.26. The van der Waals surface area contributed by atoms with E-state index < -0.39 is 5.97 Å². The quantitative estimate of drug-likeness (QED) is 0.246. The number of benzene rings is 2. The SMILES string of the molecule is COc1cc([C@H](CC2CC2)n2cc(-c3ccc(C(=O)O)cc3)cn2)[n+]([O-])cc1-c1cc(Cl)ccc1C#N. The van der Waals surface area contributed by atoms with E-state index in [9.17, 15) is 15.3 Å². The summed E-state index contributed by atoms with van der Waals surface area (Å²) in [6, 6.07) is 15.0. The van der Waals surface area contributed by atoms with Gasteiger partial charge >= 0.3 is 5.97 Å². The summed E-state index contributed by atoms with van der Waals surface area (Å²) in [5, 5.41) is 37.2. The summed E-state index contributed by atoms with van der Waals surface area (Å²) in [5.74, 6) is -0.0293. The first-order valence-electron chi connectivity index (χ1n) is 11.8. The average Bonchev–Trinajstić information content (AvgIpc) is 3.60. The van der Waals surface area contributed by atoms with Gasteiger partial charge in [0.15, 0.2) is 6.20 Å². The lowest BCUT2D eigenvalue weighted by Crippen LogP contribution is -2.36. The van der Waals surface area contributed by atoms with Gasteiger partial charge < -0.3 is 15.1 Å². The van der Waals surface area contributed by atoms with E-state index in [0.29, 0.717) is 39.1 Å². The van der Waals surface area contributed by atoms with E-state index in [1.807, 2.05) is 6.20 Å². The minimum absolute atomic E-state index is 0.210. The number of carbonyl (C=O) groups is 1. The summed E-state index contributed by atoms with van der Waals surface area (Å²) in [6.45, 7) is 0. The summed E-state index contributed by atoms with van der Waals surface area (Å²) in [5.41, 5.74) is 3.71. The maximum atomic E-state index is 13.4. The first-order valence-corrected chi connectivity index (χ1v) is 12.1. The number of aromatic carboxylic acids is 1. The Morgan fingerprint density at radius 2 is 2.00 bits per heavy atom. The van der Waals surface area contributed by atoms with Gasteiger partial charge in [-0.25, -0.2) is 4.79 Å². The van der Waals surface area contributed by atoms with Crippen molar-refractivity contribution in [2.24, 2.45) is 5.92 Å². The monoisotopic (exact) mass is 514 g/mol. The number of hydrogen-bond donors (Lipinski definition) is 1. The predicted molar refractivity (Wildman–Crippen MR) is 137 cm³/mol. The van der Waals surface area contributed by atoms with Crippen molar-refractivity contribution in [3.05, 3.63) is 94.2 Å². The summed E-state index contributed by atoms with van der Waals surface area (Å²) >= 11 is 6.19. The molecule has 1 aliphatic rings. The molecule has 1 saturated carbocycles. The Morgan fingerprint density at radius 1 is 1.24 bits per heavy atom. The van der Waals surface area contributed by atoms with E-state index >= 15 is 0 Å². The lowest BCUT2D eigenvalue weighted by atomic mass is 9.99. The number of methoxy groups -OCH3 is 1. The fraction of sp³-hybridized carbons (Fsp3) is 0.214. The van der Waals surface area contributed by atoms with Crippen molar-refractivity contribution in [3.8, 4) is 34.1 Å². The molecule has 2 aromatic carbocycles. The summed E-state index contributed by atoms with van der Waals surface area (Å²) in [7, 11) is 1.52. The molecule has 0 aliphatic heterocycles. The number of hydrogen-bond acceptors (Lipinski definition) is 5. The molecular formula is C28H23ClN4O4. The molecule has 0 radical (unpaired) electrons. The van der Waals surface area contributed by atoms with Crippen molar-refractivity contribution >= 4 is 17.6 Å². The Kier molecular flexibility index (Phi) is 6.55. The Balaban J connectivity index is 1.55. The molecule has 0 saturated heterocycles. The molecule has 5 rings (SSSR count). The van der Waals surface area contributed by atoms with Gasteiger partial charge in [0.2, 0.25) is 5.69 Å². The molecule has 2 heterocycles. The molecule has 1 atom stereocenters. The molecule has 4 aromatic rings. The second kappa shape index (κ2) is 9.96. The number of nitrogens with zero attached hydrogens (tertiary/aromatic N) is 4. The normalized spacial score (nSPS) is 13.6. The van der Waals surface area contributed by atoms with Crippen molar-refractivity contribution in [3.63, 3.8) is 0 Å². The molecule has 1 aliphatic carbocycles. The molecule has 9 heteroatoms. The third-order valence-electron chi connectivity index (χ3n) is 6.64. The van der Waals surface area contributed by atoms with Crippen LogP contribution in [0, 0.1) is 22.5 Å². The number of pyridine rings is 1. The van der Waals surface area contributed by atoms with E-state index in [0.717, 1.165) is 35.1 Å². The smallest absolute Gasteiger partial charge is 0.335 e. The zero-order chi connectivity index (χ0) is 26.1.